The van der Waals surface area contributed by atoms with Gasteiger partial charge in [0.1, 0.15) is 0 Å². The van der Waals surface area contributed by atoms with E-state index in [0.29, 0.717) is 0 Å². The first-order valence-corrected chi connectivity index (χ1v) is 1.11. The van der Waals surface area contributed by atoms with Crippen molar-refractivity contribution in [3.8, 4) is 0 Å². The van der Waals surface area contributed by atoms with E-state index in [0.717, 1.165) is 0 Å². The SMILES string of the molecule is [2H]OC(=O)C(=O)C([2H])([2H])[2H]. The molecule has 0 aromatic carbocycles. The van der Waals surface area contributed by atoms with E-state index in [2.05, 4.69) is 5.11 Å². The Morgan fingerprint density at radius 3 is 2.83 bits per heavy atom. The number of ketones is 1. The smallest absolute Gasteiger partial charge is 0.371 e. The Bertz CT molecular complexity index is 160. The van der Waals surface area contributed by atoms with Crippen LogP contribution in [0.25, 0.3) is 1.43 Å². The fourth-order valence-electron chi connectivity index (χ4n) is 0. The van der Waals surface area contributed by atoms with Gasteiger partial charge in [-0.3, -0.25) is 4.79 Å². The molecule has 0 aromatic heterocycles. The molecule has 0 fully saturated rings. The molecule has 0 saturated carbocycles. The summed E-state index contributed by atoms with van der Waals surface area (Å²) >= 11 is 0. The molecule has 3 heteroatoms. The quantitative estimate of drug-likeness (QED) is 0.450. The van der Waals surface area contributed by atoms with Gasteiger partial charge >= 0.3 is 5.97 Å². The van der Waals surface area contributed by atoms with E-state index in [1.54, 1.807) is 0 Å². The summed E-state index contributed by atoms with van der Waals surface area (Å²) in [5, 5.41) is 3.14. The van der Waals surface area contributed by atoms with Crippen LogP contribution in [0, 0.1) is 0 Å². The topological polar surface area (TPSA) is 54.4 Å². The molecule has 0 atom stereocenters. The van der Waals surface area contributed by atoms with Crippen LogP contribution in [0.4, 0.5) is 0 Å². The summed E-state index contributed by atoms with van der Waals surface area (Å²) in [5.41, 5.74) is 0. The van der Waals surface area contributed by atoms with Crippen LogP contribution in [0.5, 0.6) is 0 Å². The summed E-state index contributed by atoms with van der Waals surface area (Å²) in [6.45, 7) is -3.00. The third-order valence-electron chi connectivity index (χ3n) is 0.185. The molecule has 6 heavy (non-hydrogen) atoms. The second kappa shape index (κ2) is 1.55. The van der Waals surface area contributed by atoms with Gasteiger partial charge in [0, 0.05) is 11.0 Å². The molecule has 0 heterocycles. The van der Waals surface area contributed by atoms with Gasteiger partial charge in [0.05, 0.1) is 0 Å². The highest BCUT2D eigenvalue weighted by Gasteiger charge is 1.98. The number of hydrogen-bond donors (Lipinski definition) is 1. The second-order valence-electron chi connectivity index (χ2n) is 0.617. The molecule has 1 N–H and O–H groups in total. The Kier molecular flexibility index (Phi) is 0.342. The van der Waals surface area contributed by atoms with Crippen molar-refractivity contribution < 1.29 is 18.8 Å². The zero-order valence-electron chi connectivity index (χ0n) is 6.72. The van der Waals surface area contributed by atoms with Gasteiger partial charge in [0.2, 0.25) is 5.78 Å². The van der Waals surface area contributed by atoms with Crippen molar-refractivity contribution in [2.24, 2.45) is 0 Å². The Labute approximate surface area is 40.3 Å². The number of Topliss-reactive ketones (excluding diaryl/α,β-unsaturated/α-hetero) is 1. The third kappa shape index (κ3) is 1.46. The molecular weight excluding hydrogens is 84.0 g/mol. The largest absolute Gasteiger partial charge is 0.476 e. The molecule has 0 bridgehead atoms. The van der Waals surface area contributed by atoms with Crippen LogP contribution in [0.3, 0.4) is 0 Å². The van der Waals surface area contributed by atoms with Crippen LogP contribution in [0.2, 0.25) is 0 Å². The molecule has 0 aliphatic carbocycles. The normalized spacial score (nSPS) is 18.7. The first-order valence-electron chi connectivity index (χ1n) is 3.02. The minimum atomic E-state index is -3.00. The van der Waals surface area contributed by atoms with Crippen molar-refractivity contribution in [1.29, 1.82) is 1.43 Å². The Balaban J connectivity index is 4.24. The summed E-state index contributed by atoms with van der Waals surface area (Å²) < 4.78 is 25.0. The Hall–Kier alpha value is -0.860. The highest BCUT2D eigenvalue weighted by molar-refractivity contribution is 6.31. The lowest BCUT2D eigenvalue weighted by Gasteiger charge is -1.73. The standard InChI is InChI=1S/C3H4O3/c1-2(4)3(5)6/h1H3,(H,5,6)/i1D3/hD. The van der Waals surface area contributed by atoms with Crippen molar-refractivity contribution in [2.75, 3.05) is 0 Å². The molecule has 0 amide bonds. The van der Waals surface area contributed by atoms with Gasteiger partial charge < -0.3 is 5.11 Å². The number of rotatable bonds is 1. The van der Waals surface area contributed by atoms with Gasteiger partial charge in [-0.25, -0.2) is 4.79 Å². The van der Waals surface area contributed by atoms with Gasteiger partial charge in [-0.1, -0.05) is 0 Å². The molecule has 0 aliphatic rings. The summed E-state index contributed by atoms with van der Waals surface area (Å²) in [6, 6.07) is 0. The van der Waals surface area contributed by atoms with E-state index < -0.39 is 18.6 Å². The molecule has 0 radical (unpaired) electrons. The average molecular weight is 92.1 g/mol. The maximum Gasteiger partial charge on any atom is 0.371 e. The van der Waals surface area contributed by atoms with Crippen LogP contribution in [0.1, 0.15) is 11.0 Å². The number of aliphatic carboxylic acids is 1. The van der Waals surface area contributed by atoms with Gasteiger partial charge in [-0.05, 0) is 0 Å². The number of hydrogen-bond acceptors (Lipinski definition) is 3. The summed E-state index contributed by atoms with van der Waals surface area (Å²) in [5.74, 6) is -3.34. The van der Waals surface area contributed by atoms with Crippen molar-refractivity contribution >= 4 is 11.8 Å². The maximum absolute atomic E-state index is 10.2. The average Bonchev–Trinajstić information content (AvgIpc) is 1.83. The predicted molar refractivity (Wildman–Crippen MR) is 18.3 cm³/mol. The second-order valence-corrected chi connectivity index (χ2v) is 0.617. The fraction of sp³-hybridized carbons (Fsp3) is 0.333. The third-order valence-corrected chi connectivity index (χ3v) is 0.185. The lowest BCUT2D eigenvalue weighted by molar-refractivity contribution is -0.148. The van der Waals surface area contributed by atoms with E-state index in [1.165, 1.54) is 0 Å². The van der Waals surface area contributed by atoms with E-state index >= 15 is 0 Å². The van der Waals surface area contributed by atoms with Crippen molar-refractivity contribution in [2.45, 2.75) is 6.85 Å². The molecule has 0 saturated heterocycles. The monoisotopic (exact) mass is 92.0 g/mol. The van der Waals surface area contributed by atoms with Gasteiger partial charge in [0.25, 0.3) is 1.43 Å². The molecule has 3 nitrogen and oxygen atoms in total. The first-order chi connectivity index (χ1) is 4.39. The fourth-order valence-corrected chi connectivity index (χ4v) is 0. The Morgan fingerprint density at radius 2 is 2.67 bits per heavy atom. The van der Waals surface area contributed by atoms with Crippen LogP contribution in [0.15, 0.2) is 0 Å². The number of carbonyl (C=O) groups excluding carboxylic acids is 1. The highest BCUT2D eigenvalue weighted by atomic mass is 16.4. The zero-order valence-corrected chi connectivity index (χ0v) is 2.72. The summed E-state index contributed by atoms with van der Waals surface area (Å²) in [7, 11) is 0. The van der Waals surface area contributed by atoms with Crippen LogP contribution < -0.4 is 0 Å². The van der Waals surface area contributed by atoms with E-state index in [-0.39, 0.29) is 0 Å². The van der Waals surface area contributed by atoms with Gasteiger partial charge in [-0.2, -0.15) is 0 Å². The van der Waals surface area contributed by atoms with Crippen molar-refractivity contribution in [3.05, 3.63) is 0 Å². The van der Waals surface area contributed by atoms with Crippen LogP contribution >= 0.6 is 0 Å². The minimum Gasteiger partial charge on any atom is -0.476 e. The van der Waals surface area contributed by atoms with Gasteiger partial charge in [0.15, 0.2) is 0 Å². The first kappa shape index (κ1) is 1.33. The molecule has 0 unspecified atom stereocenters. The predicted octanol–water partition coefficient (Wildman–Crippen LogP) is -0.340. The Morgan fingerprint density at radius 1 is 2.00 bits per heavy atom. The van der Waals surface area contributed by atoms with Crippen LogP contribution in [-0.2, 0) is 9.59 Å². The zero-order chi connectivity index (χ0) is 8.36. The molecule has 0 aromatic rings. The van der Waals surface area contributed by atoms with Crippen molar-refractivity contribution in [3.63, 3.8) is 0 Å². The molecule has 34 valence electrons. The van der Waals surface area contributed by atoms with Crippen molar-refractivity contribution in [1.82, 2.24) is 0 Å². The lowest BCUT2D eigenvalue weighted by atomic mass is 10.5. The molecule has 0 aliphatic heterocycles. The highest BCUT2D eigenvalue weighted by Crippen LogP contribution is 1.61. The number of carbonyl (C=O) groups is 2. The maximum atomic E-state index is 10.2. The number of carboxylic acids is 1. The van der Waals surface area contributed by atoms with Crippen LogP contribution in [-0.4, -0.2) is 16.9 Å². The van der Waals surface area contributed by atoms with Gasteiger partial charge in [-0.15, -0.1) is 0 Å². The van der Waals surface area contributed by atoms with E-state index in [1.807, 2.05) is 0 Å². The minimum absolute atomic E-state index is 1.67. The number of carboxylic acid groups (broad SMARTS) is 1. The molecular formula is C3H4O3. The summed E-state index contributed by atoms with van der Waals surface area (Å²) in [4.78, 5) is 20.3. The summed E-state index contributed by atoms with van der Waals surface area (Å²) in [6.07, 6.45) is 0. The van der Waals surface area contributed by atoms with E-state index in [4.69, 9.17) is 5.54 Å². The molecule has 0 spiro atoms. The lowest BCUT2D eigenvalue weighted by Crippen LogP contribution is -2.05. The van der Waals surface area contributed by atoms with E-state index in [9.17, 15) is 9.59 Å². The molecule has 0 rings (SSSR count).